The minimum atomic E-state index is -4.08. The predicted molar refractivity (Wildman–Crippen MR) is 72.2 cm³/mol. The van der Waals surface area contributed by atoms with Gasteiger partial charge in [0.1, 0.15) is 5.75 Å². The lowest BCUT2D eigenvalue weighted by Gasteiger charge is -2.27. The molecular formula is C15H18F3NO. The molecule has 2 rings (SSSR count). The van der Waals surface area contributed by atoms with Crippen LogP contribution >= 0.6 is 0 Å². The minimum absolute atomic E-state index is 0.0755. The van der Waals surface area contributed by atoms with Gasteiger partial charge in [-0.05, 0) is 44.2 Å². The number of rotatable bonds is 2. The van der Waals surface area contributed by atoms with E-state index in [-0.39, 0.29) is 24.6 Å². The summed E-state index contributed by atoms with van der Waals surface area (Å²) in [5.41, 5.74) is 1.37. The number of aryl methyl sites for hydroxylation is 1. The van der Waals surface area contributed by atoms with Gasteiger partial charge in [0.2, 0.25) is 0 Å². The van der Waals surface area contributed by atoms with E-state index >= 15 is 0 Å². The Morgan fingerprint density at radius 2 is 1.85 bits per heavy atom. The van der Waals surface area contributed by atoms with Crippen molar-refractivity contribution in [2.24, 2.45) is 10.9 Å². The zero-order valence-corrected chi connectivity index (χ0v) is 11.3. The highest BCUT2D eigenvalue weighted by Crippen LogP contribution is 2.38. The highest BCUT2D eigenvalue weighted by Gasteiger charge is 2.41. The highest BCUT2D eigenvalue weighted by molar-refractivity contribution is 5.84. The zero-order valence-electron chi connectivity index (χ0n) is 11.3. The summed E-state index contributed by atoms with van der Waals surface area (Å²) in [6, 6.07) is 5.28. The second-order valence-corrected chi connectivity index (χ2v) is 5.34. The van der Waals surface area contributed by atoms with Crippen LogP contribution in [-0.2, 0) is 0 Å². The number of alkyl halides is 3. The molecule has 0 spiro atoms. The summed E-state index contributed by atoms with van der Waals surface area (Å²) in [4.78, 5) is 4.32. The quantitative estimate of drug-likeness (QED) is 0.810. The molecule has 1 aromatic rings. The number of halogens is 3. The number of para-hydroxylation sites is 1. The monoisotopic (exact) mass is 285 g/mol. The van der Waals surface area contributed by atoms with Crippen LogP contribution in [0.25, 0.3) is 0 Å². The maximum absolute atomic E-state index is 12.5. The van der Waals surface area contributed by atoms with Gasteiger partial charge in [-0.15, -0.1) is 0 Å². The first-order valence-electron chi connectivity index (χ1n) is 6.76. The minimum Gasteiger partial charge on any atom is -0.507 e. The standard InChI is InChI=1S/C15H18F3NO/c1-10-3-2-4-11(14(10)20)9-19-13-7-5-12(6-8-13)15(16,17)18/h2-4,9,12-13,20H,5-8H2,1H3. The summed E-state index contributed by atoms with van der Waals surface area (Å²) in [5.74, 6) is -0.999. The van der Waals surface area contributed by atoms with Gasteiger partial charge in [0.15, 0.2) is 0 Å². The van der Waals surface area contributed by atoms with Gasteiger partial charge in [0, 0.05) is 17.8 Å². The second-order valence-electron chi connectivity index (χ2n) is 5.34. The maximum Gasteiger partial charge on any atom is 0.391 e. The molecule has 5 heteroatoms. The lowest BCUT2D eigenvalue weighted by atomic mass is 9.86. The Morgan fingerprint density at radius 3 is 2.45 bits per heavy atom. The van der Waals surface area contributed by atoms with Crippen molar-refractivity contribution in [1.82, 2.24) is 0 Å². The number of phenols is 1. The first-order valence-corrected chi connectivity index (χ1v) is 6.76. The molecule has 110 valence electrons. The summed E-state index contributed by atoms with van der Waals surface area (Å²) in [7, 11) is 0. The lowest BCUT2D eigenvalue weighted by Crippen LogP contribution is -2.29. The van der Waals surface area contributed by atoms with Crippen molar-refractivity contribution in [3.8, 4) is 5.75 Å². The van der Waals surface area contributed by atoms with Crippen molar-refractivity contribution in [2.45, 2.75) is 44.8 Å². The number of hydrogen-bond donors (Lipinski definition) is 1. The molecule has 0 atom stereocenters. The van der Waals surface area contributed by atoms with Crippen molar-refractivity contribution in [3.63, 3.8) is 0 Å². The fraction of sp³-hybridized carbons (Fsp3) is 0.533. The van der Waals surface area contributed by atoms with Gasteiger partial charge < -0.3 is 5.11 Å². The van der Waals surface area contributed by atoms with E-state index in [4.69, 9.17) is 0 Å². The average molecular weight is 285 g/mol. The third-order valence-electron chi connectivity index (χ3n) is 3.85. The molecule has 1 aliphatic carbocycles. The van der Waals surface area contributed by atoms with Gasteiger partial charge in [-0.3, -0.25) is 4.99 Å². The van der Waals surface area contributed by atoms with Gasteiger partial charge in [-0.1, -0.05) is 12.1 Å². The fourth-order valence-corrected chi connectivity index (χ4v) is 2.52. The van der Waals surface area contributed by atoms with Gasteiger partial charge in [0.25, 0.3) is 0 Å². The normalized spacial score (nSPS) is 24.2. The van der Waals surface area contributed by atoms with E-state index in [2.05, 4.69) is 4.99 Å². The summed E-state index contributed by atoms with van der Waals surface area (Å²) >= 11 is 0. The van der Waals surface area contributed by atoms with Gasteiger partial charge in [0.05, 0.1) is 5.92 Å². The largest absolute Gasteiger partial charge is 0.507 e. The second kappa shape index (κ2) is 5.85. The Balaban J connectivity index is 1.96. The molecule has 0 saturated heterocycles. The third-order valence-corrected chi connectivity index (χ3v) is 3.85. The molecular weight excluding hydrogens is 267 g/mol. The van der Waals surface area contributed by atoms with Crippen LogP contribution < -0.4 is 0 Å². The van der Waals surface area contributed by atoms with Crippen LogP contribution in [0.4, 0.5) is 13.2 Å². The average Bonchev–Trinajstić information content (AvgIpc) is 2.40. The molecule has 0 aliphatic heterocycles. The number of aliphatic imine (C=N–C) groups is 1. The van der Waals surface area contributed by atoms with Crippen molar-refractivity contribution < 1.29 is 18.3 Å². The zero-order chi connectivity index (χ0) is 14.8. The van der Waals surface area contributed by atoms with Crippen molar-refractivity contribution in [3.05, 3.63) is 29.3 Å². The Morgan fingerprint density at radius 1 is 1.20 bits per heavy atom. The van der Waals surface area contributed by atoms with Crippen LogP contribution in [0.15, 0.2) is 23.2 Å². The van der Waals surface area contributed by atoms with Crippen LogP contribution in [-0.4, -0.2) is 23.5 Å². The Bertz CT molecular complexity index is 488. The van der Waals surface area contributed by atoms with Gasteiger partial charge in [-0.25, -0.2) is 0 Å². The van der Waals surface area contributed by atoms with Crippen LogP contribution in [0.3, 0.4) is 0 Å². The SMILES string of the molecule is Cc1cccc(C=NC2CCC(C(F)(F)F)CC2)c1O. The molecule has 1 N–H and O–H groups in total. The summed E-state index contributed by atoms with van der Waals surface area (Å²) in [6.07, 6.45) is -1.32. The van der Waals surface area contributed by atoms with E-state index in [0.29, 0.717) is 18.4 Å². The lowest BCUT2D eigenvalue weighted by molar-refractivity contribution is -0.182. The van der Waals surface area contributed by atoms with Crippen molar-refractivity contribution in [2.75, 3.05) is 0 Å². The molecule has 0 bridgehead atoms. The van der Waals surface area contributed by atoms with E-state index in [1.54, 1.807) is 25.3 Å². The Kier molecular flexibility index (Phi) is 4.35. The van der Waals surface area contributed by atoms with Crippen LogP contribution in [0.2, 0.25) is 0 Å². The maximum atomic E-state index is 12.5. The van der Waals surface area contributed by atoms with E-state index in [1.807, 2.05) is 6.07 Å². The first-order chi connectivity index (χ1) is 9.38. The Hall–Kier alpha value is -1.52. The van der Waals surface area contributed by atoms with Gasteiger partial charge in [-0.2, -0.15) is 13.2 Å². The third kappa shape index (κ3) is 3.52. The Labute approximate surface area is 116 Å². The smallest absolute Gasteiger partial charge is 0.391 e. The van der Waals surface area contributed by atoms with Crippen LogP contribution in [0.5, 0.6) is 5.75 Å². The topological polar surface area (TPSA) is 32.6 Å². The molecule has 0 amide bonds. The van der Waals surface area contributed by atoms with E-state index in [0.717, 1.165) is 5.56 Å². The van der Waals surface area contributed by atoms with Crippen molar-refractivity contribution in [1.29, 1.82) is 0 Å². The molecule has 0 heterocycles. The molecule has 0 unspecified atom stereocenters. The van der Waals surface area contributed by atoms with Crippen LogP contribution in [0.1, 0.15) is 36.8 Å². The first kappa shape index (κ1) is 14.9. The van der Waals surface area contributed by atoms with Crippen LogP contribution in [0, 0.1) is 12.8 Å². The number of hydrogen-bond acceptors (Lipinski definition) is 2. The molecule has 2 nitrogen and oxygen atoms in total. The molecule has 20 heavy (non-hydrogen) atoms. The van der Waals surface area contributed by atoms with Crippen molar-refractivity contribution >= 4 is 6.21 Å². The molecule has 1 fully saturated rings. The summed E-state index contributed by atoms with van der Waals surface area (Å²) in [6.45, 7) is 1.79. The predicted octanol–water partition coefficient (Wildman–Crippen LogP) is 4.24. The number of phenolic OH excluding ortho intramolecular Hbond substituents is 1. The summed E-state index contributed by atoms with van der Waals surface area (Å²) in [5, 5.41) is 9.84. The van der Waals surface area contributed by atoms with Gasteiger partial charge >= 0.3 is 6.18 Å². The molecule has 0 aromatic heterocycles. The van der Waals surface area contributed by atoms with E-state index in [9.17, 15) is 18.3 Å². The molecule has 1 aromatic carbocycles. The van der Waals surface area contributed by atoms with E-state index in [1.165, 1.54) is 0 Å². The summed E-state index contributed by atoms with van der Waals surface area (Å²) < 4.78 is 37.6. The number of benzene rings is 1. The number of nitrogens with zero attached hydrogens (tertiary/aromatic N) is 1. The fourth-order valence-electron chi connectivity index (χ4n) is 2.52. The molecule has 1 aliphatic rings. The molecule has 1 saturated carbocycles. The highest BCUT2D eigenvalue weighted by atomic mass is 19.4. The molecule has 0 radical (unpaired) electrons. The van der Waals surface area contributed by atoms with E-state index < -0.39 is 12.1 Å². The number of aromatic hydroxyl groups is 1.